The van der Waals surface area contributed by atoms with Gasteiger partial charge in [-0.1, -0.05) is 26.8 Å². The fraction of sp³-hybridized carbons (Fsp3) is 0.562. The largest absolute Gasteiger partial charge is 0.486 e. The molecule has 2 nitrogen and oxygen atoms in total. The third kappa shape index (κ3) is 3.34. The number of ketones is 1. The molecule has 100 valence electrons. The molecule has 0 unspecified atom stereocenters. The first-order chi connectivity index (χ1) is 8.27. The molecule has 0 aliphatic heterocycles. The van der Waals surface area contributed by atoms with Crippen LogP contribution in [0, 0.1) is 13.8 Å². The van der Waals surface area contributed by atoms with E-state index in [1.54, 1.807) is 0 Å². The Morgan fingerprint density at radius 1 is 1.22 bits per heavy atom. The number of hydrogen-bond donors (Lipinski definition) is 0. The third-order valence-electron chi connectivity index (χ3n) is 3.57. The van der Waals surface area contributed by atoms with Crippen LogP contribution in [0.3, 0.4) is 0 Å². The first kappa shape index (κ1) is 14.7. The number of carbonyl (C=O) groups is 1. The minimum absolute atomic E-state index is 0.0463. The second-order valence-electron chi connectivity index (χ2n) is 5.66. The van der Waals surface area contributed by atoms with Gasteiger partial charge >= 0.3 is 0 Å². The molecular weight excluding hydrogens is 224 g/mol. The lowest BCUT2D eigenvalue weighted by molar-refractivity contribution is -0.118. The van der Waals surface area contributed by atoms with Crippen molar-refractivity contribution in [1.29, 1.82) is 0 Å². The molecule has 0 bridgehead atoms. The van der Waals surface area contributed by atoms with E-state index in [9.17, 15) is 4.79 Å². The molecule has 0 spiro atoms. The first-order valence-corrected chi connectivity index (χ1v) is 6.52. The molecule has 0 saturated heterocycles. The number of aryl methyl sites for hydroxylation is 2. The van der Waals surface area contributed by atoms with Crippen molar-refractivity contribution in [3.8, 4) is 5.75 Å². The summed E-state index contributed by atoms with van der Waals surface area (Å²) in [7, 11) is 0. The Morgan fingerprint density at radius 3 is 2.33 bits per heavy atom. The van der Waals surface area contributed by atoms with E-state index in [4.69, 9.17) is 4.74 Å². The van der Waals surface area contributed by atoms with Gasteiger partial charge in [0.05, 0.1) is 0 Å². The second-order valence-corrected chi connectivity index (χ2v) is 5.66. The van der Waals surface area contributed by atoms with Crippen LogP contribution in [0.2, 0.25) is 0 Å². The second kappa shape index (κ2) is 5.55. The van der Waals surface area contributed by atoms with Crippen LogP contribution in [0.1, 0.15) is 50.8 Å². The minimum Gasteiger partial charge on any atom is -0.486 e. The van der Waals surface area contributed by atoms with Crippen LogP contribution >= 0.6 is 0 Å². The van der Waals surface area contributed by atoms with Crippen LogP contribution in [0.15, 0.2) is 12.1 Å². The standard InChI is InChI=1S/C16H24O2/c1-7-16(5,6)14-8-12(3)15(9-11(14)2)18-10-13(4)17/h8-9H,7,10H2,1-6H3. The fourth-order valence-corrected chi connectivity index (χ4v) is 2.04. The number of hydrogen-bond acceptors (Lipinski definition) is 2. The van der Waals surface area contributed by atoms with E-state index in [0.29, 0.717) is 0 Å². The fourth-order valence-electron chi connectivity index (χ4n) is 2.04. The Morgan fingerprint density at radius 2 is 1.83 bits per heavy atom. The molecule has 1 rings (SSSR count). The van der Waals surface area contributed by atoms with Gasteiger partial charge in [0, 0.05) is 0 Å². The molecule has 1 aromatic carbocycles. The molecule has 0 amide bonds. The van der Waals surface area contributed by atoms with Gasteiger partial charge in [-0.3, -0.25) is 4.79 Å². The molecule has 0 N–H and O–H groups in total. The highest BCUT2D eigenvalue weighted by molar-refractivity contribution is 5.77. The zero-order valence-electron chi connectivity index (χ0n) is 12.4. The molecule has 2 heteroatoms. The number of benzene rings is 1. The predicted molar refractivity (Wildman–Crippen MR) is 75.4 cm³/mol. The van der Waals surface area contributed by atoms with Crippen molar-refractivity contribution < 1.29 is 9.53 Å². The van der Waals surface area contributed by atoms with E-state index in [-0.39, 0.29) is 17.8 Å². The Labute approximate surface area is 110 Å². The van der Waals surface area contributed by atoms with Crippen LogP contribution in [0.5, 0.6) is 5.75 Å². The maximum absolute atomic E-state index is 11.0. The quantitative estimate of drug-likeness (QED) is 0.788. The highest BCUT2D eigenvalue weighted by Crippen LogP contribution is 2.33. The molecule has 0 atom stereocenters. The zero-order valence-corrected chi connectivity index (χ0v) is 12.4. The average molecular weight is 248 g/mol. The molecule has 0 saturated carbocycles. The summed E-state index contributed by atoms with van der Waals surface area (Å²) in [6, 6.07) is 4.24. The van der Waals surface area contributed by atoms with Crippen molar-refractivity contribution in [2.75, 3.05) is 6.61 Å². The summed E-state index contributed by atoms with van der Waals surface area (Å²) in [5.74, 6) is 0.864. The van der Waals surface area contributed by atoms with Gasteiger partial charge in [0.15, 0.2) is 5.78 Å². The van der Waals surface area contributed by atoms with Crippen LogP contribution < -0.4 is 4.74 Å². The van der Waals surface area contributed by atoms with E-state index in [0.717, 1.165) is 17.7 Å². The van der Waals surface area contributed by atoms with E-state index >= 15 is 0 Å². The van der Waals surface area contributed by atoms with Crippen molar-refractivity contribution in [2.45, 2.75) is 53.4 Å². The highest BCUT2D eigenvalue weighted by atomic mass is 16.5. The smallest absolute Gasteiger partial charge is 0.167 e. The number of carbonyl (C=O) groups excluding carboxylic acids is 1. The van der Waals surface area contributed by atoms with E-state index in [1.165, 1.54) is 18.1 Å². The summed E-state index contributed by atoms with van der Waals surface area (Å²) in [6.45, 7) is 12.5. The van der Waals surface area contributed by atoms with E-state index in [2.05, 4.69) is 33.8 Å². The minimum atomic E-state index is 0.0463. The van der Waals surface area contributed by atoms with Crippen molar-refractivity contribution in [3.05, 3.63) is 28.8 Å². The lowest BCUT2D eigenvalue weighted by atomic mass is 9.79. The summed E-state index contributed by atoms with van der Waals surface area (Å²) >= 11 is 0. The van der Waals surface area contributed by atoms with Gasteiger partial charge < -0.3 is 4.74 Å². The van der Waals surface area contributed by atoms with Crippen LogP contribution in [-0.4, -0.2) is 12.4 Å². The Kier molecular flexibility index (Phi) is 4.55. The number of rotatable bonds is 5. The van der Waals surface area contributed by atoms with Gasteiger partial charge in [-0.15, -0.1) is 0 Å². The Bertz CT molecular complexity index is 445. The molecule has 1 aromatic rings. The van der Waals surface area contributed by atoms with E-state index in [1.807, 2.05) is 13.0 Å². The monoisotopic (exact) mass is 248 g/mol. The highest BCUT2D eigenvalue weighted by Gasteiger charge is 2.21. The number of ether oxygens (including phenoxy) is 1. The van der Waals surface area contributed by atoms with Crippen molar-refractivity contribution in [2.24, 2.45) is 0 Å². The lowest BCUT2D eigenvalue weighted by Gasteiger charge is -2.26. The summed E-state index contributed by atoms with van der Waals surface area (Å²) in [5, 5.41) is 0. The van der Waals surface area contributed by atoms with Crippen molar-refractivity contribution in [3.63, 3.8) is 0 Å². The van der Waals surface area contributed by atoms with Gasteiger partial charge in [0.2, 0.25) is 0 Å². The normalized spacial score (nSPS) is 11.4. The maximum Gasteiger partial charge on any atom is 0.167 e. The SMILES string of the molecule is CCC(C)(C)c1cc(C)c(OCC(C)=O)cc1C. The molecule has 18 heavy (non-hydrogen) atoms. The van der Waals surface area contributed by atoms with Crippen molar-refractivity contribution >= 4 is 5.78 Å². The van der Waals surface area contributed by atoms with Gasteiger partial charge in [-0.05, 0) is 55.4 Å². The van der Waals surface area contributed by atoms with E-state index < -0.39 is 0 Å². The molecule has 0 aliphatic rings. The molecule has 0 heterocycles. The summed E-state index contributed by atoms with van der Waals surface area (Å²) in [6.07, 6.45) is 1.10. The molecule has 0 aromatic heterocycles. The average Bonchev–Trinajstić information content (AvgIpc) is 2.29. The van der Waals surface area contributed by atoms with Crippen molar-refractivity contribution in [1.82, 2.24) is 0 Å². The summed E-state index contributed by atoms with van der Waals surface area (Å²) in [4.78, 5) is 11.0. The molecular formula is C16H24O2. The topological polar surface area (TPSA) is 26.3 Å². The van der Waals surface area contributed by atoms with Crippen LogP contribution in [-0.2, 0) is 10.2 Å². The Balaban J connectivity index is 3.08. The summed E-state index contributed by atoms with van der Waals surface area (Å²) < 4.78 is 5.53. The van der Waals surface area contributed by atoms with Gasteiger partial charge in [0.1, 0.15) is 12.4 Å². The lowest BCUT2D eigenvalue weighted by Crippen LogP contribution is -2.18. The van der Waals surface area contributed by atoms with Gasteiger partial charge in [0.25, 0.3) is 0 Å². The predicted octanol–water partition coefficient (Wildman–Crippen LogP) is 3.96. The molecule has 0 aliphatic carbocycles. The third-order valence-corrected chi connectivity index (χ3v) is 3.57. The van der Waals surface area contributed by atoms with Gasteiger partial charge in [-0.2, -0.15) is 0 Å². The maximum atomic E-state index is 11.0. The zero-order chi connectivity index (χ0) is 13.9. The van der Waals surface area contributed by atoms with Gasteiger partial charge in [-0.25, -0.2) is 0 Å². The van der Waals surface area contributed by atoms with Crippen LogP contribution in [0.4, 0.5) is 0 Å². The van der Waals surface area contributed by atoms with Crippen LogP contribution in [0.25, 0.3) is 0 Å². The first-order valence-electron chi connectivity index (χ1n) is 6.52. The summed E-state index contributed by atoms with van der Waals surface area (Å²) in [5.41, 5.74) is 3.86. The number of Topliss-reactive ketones (excluding diaryl/α,β-unsaturated/α-hetero) is 1. The Hall–Kier alpha value is -1.31. The molecule has 0 fully saturated rings. The molecule has 0 radical (unpaired) electrons.